The fraction of sp³-hybridized carbons (Fsp3) is 0. The van der Waals surface area contributed by atoms with E-state index in [1.54, 1.807) is 35.2 Å². The molecule has 0 radical (unpaired) electrons. The minimum atomic E-state index is -0.0838. The Morgan fingerprint density at radius 3 is 2.16 bits per heavy atom. The second-order valence-electron chi connectivity index (χ2n) is 4.34. The summed E-state index contributed by atoms with van der Waals surface area (Å²) in [6, 6.07) is 14.3. The van der Waals surface area contributed by atoms with E-state index < -0.39 is 0 Å². The first-order valence-corrected chi connectivity index (χ1v) is 5.90. The van der Waals surface area contributed by atoms with Crippen molar-refractivity contribution in [3.63, 3.8) is 0 Å². The largest absolute Gasteiger partial charge is 0.298 e. The molecule has 3 heteroatoms. The van der Waals surface area contributed by atoms with Crippen LogP contribution in [0, 0.1) is 0 Å². The number of fused-ring (bicyclic) bond motifs is 1. The molecule has 2 aromatic carbocycles. The molecule has 1 heterocycles. The number of anilines is 1. The normalized spacial score (nSPS) is 13.6. The number of nitrogens with zero attached hydrogens (tertiary/aromatic N) is 1. The Morgan fingerprint density at radius 1 is 0.947 bits per heavy atom. The van der Waals surface area contributed by atoms with E-state index in [2.05, 4.69) is 6.58 Å². The number of carbonyl (C=O) groups excluding carboxylic acids is 2. The quantitative estimate of drug-likeness (QED) is 0.767. The first kappa shape index (κ1) is 11.4. The third kappa shape index (κ3) is 1.67. The van der Waals surface area contributed by atoms with Gasteiger partial charge in [0.15, 0.2) is 0 Å². The van der Waals surface area contributed by atoms with Gasteiger partial charge in [0.1, 0.15) is 6.29 Å². The summed E-state index contributed by atoms with van der Waals surface area (Å²) in [5.41, 5.74) is 3.48. The molecule has 0 aliphatic carbocycles. The molecule has 1 amide bonds. The van der Waals surface area contributed by atoms with Gasteiger partial charge < -0.3 is 0 Å². The summed E-state index contributed by atoms with van der Waals surface area (Å²) < 4.78 is 0. The van der Waals surface area contributed by atoms with E-state index in [9.17, 15) is 9.59 Å². The Morgan fingerprint density at radius 2 is 1.58 bits per heavy atom. The smallest absolute Gasteiger partial charge is 0.263 e. The second kappa shape index (κ2) is 4.21. The minimum Gasteiger partial charge on any atom is -0.298 e. The van der Waals surface area contributed by atoms with E-state index >= 15 is 0 Å². The first-order chi connectivity index (χ1) is 9.22. The van der Waals surface area contributed by atoms with Gasteiger partial charge in [-0.05, 0) is 30.3 Å². The number of amides is 1. The van der Waals surface area contributed by atoms with Gasteiger partial charge in [0.2, 0.25) is 0 Å². The molecule has 0 unspecified atom stereocenters. The zero-order valence-electron chi connectivity index (χ0n) is 10.2. The third-order valence-electron chi connectivity index (χ3n) is 3.23. The average molecular weight is 249 g/mol. The van der Waals surface area contributed by atoms with Crippen LogP contribution in [0.25, 0.3) is 5.70 Å². The van der Waals surface area contributed by atoms with Crippen LogP contribution in [0.2, 0.25) is 0 Å². The number of carbonyl (C=O) groups is 2. The lowest BCUT2D eigenvalue weighted by Crippen LogP contribution is -2.21. The highest BCUT2D eigenvalue weighted by molar-refractivity contribution is 6.22. The van der Waals surface area contributed by atoms with E-state index in [-0.39, 0.29) is 5.91 Å². The minimum absolute atomic E-state index is 0.0838. The summed E-state index contributed by atoms with van der Waals surface area (Å²) in [5.74, 6) is -0.0838. The summed E-state index contributed by atoms with van der Waals surface area (Å²) in [7, 11) is 0. The molecule has 1 aliphatic rings. The number of aldehydes is 1. The van der Waals surface area contributed by atoms with Crippen molar-refractivity contribution in [3.05, 3.63) is 71.8 Å². The predicted octanol–water partition coefficient (Wildman–Crippen LogP) is 3.13. The molecule has 0 atom stereocenters. The molecule has 19 heavy (non-hydrogen) atoms. The van der Waals surface area contributed by atoms with Crippen molar-refractivity contribution >= 4 is 23.6 Å². The Kier molecular flexibility index (Phi) is 2.53. The van der Waals surface area contributed by atoms with Gasteiger partial charge in [-0.3, -0.25) is 14.5 Å². The fourth-order valence-electron chi connectivity index (χ4n) is 2.26. The fourth-order valence-corrected chi connectivity index (χ4v) is 2.26. The Labute approximate surface area is 110 Å². The van der Waals surface area contributed by atoms with Crippen molar-refractivity contribution in [2.75, 3.05) is 4.90 Å². The summed E-state index contributed by atoms with van der Waals surface area (Å²) in [5, 5.41) is 0. The maximum Gasteiger partial charge on any atom is 0.263 e. The first-order valence-electron chi connectivity index (χ1n) is 5.90. The van der Waals surface area contributed by atoms with Crippen LogP contribution in [-0.4, -0.2) is 12.2 Å². The summed E-state index contributed by atoms with van der Waals surface area (Å²) >= 11 is 0. The van der Waals surface area contributed by atoms with Crippen LogP contribution in [0.15, 0.2) is 55.1 Å². The standard InChI is InChI=1S/C16H11NO2/c1-11-14-4-2-3-5-15(14)16(19)17(11)13-8-6-12(10-18)7-9-13/h2-10H,1H2. The SMILES string of the molecule is C=C1c2ccccc2C(=O)N1c1ccc(C=O)cc1. The molecule has 0 saturated carbocycles. The van der Waals surface area contributed by atoms with E-state index in [1.807, 2.05) is 18.2 Å². The molecule has 0 saturated heterocycles. The van der Waals surface area contributed by atoms with Crippen LogP contribution in [0.5, 0.6) is 0 Å². The van der Waals surface area contributed by atoms with Crippen molar-refractivity contribution in [2.24, 2.45) is 0 Å². The van der Waals surface area contributed by atoms with Gasteiger partial charge in [0.05, 0.1) is 5.70 Å². The molecule has 0 spiro atoms. The van der Waals surface area contributed by atoms with Gasteiger partial charge in [-0.1, -0.05) is 24.8 Å². The maximum atomic E-state index is 12.4. The summed E-state index contributed by atoms with van der Waals surface area (Å²) in [6.45, 7) is 3.98. The van der Waals surface area contributed by atoms with Crippen molar-refractivity contribution in [1.82, 2.24) is 0 Å². The van der Waals surface area contributed by atoms with Gasteiger partial charge in [-0.25, -0.2) is 0 Å². The average Bonchev–Trinajstić information content (AvgIpc) is 2.72. The molecule has 0 bridgehead atoms. The summed E-state index contributed by atoms with van der Waals surface area (Å²) in [4.78, 5) is 24.6. The molecule has 0 aromatic heterocycles. The van der Waals surface area contributed by atoms with E-state index in [0.29, 0.717) is 16.8 Å². The predicted molar refractivity (Wildman–Crippen MR) is 74.1 cm³/mol. The molecule has 92 valence electrons. The molecule has 1 aliphatic heterocycles. The molecular formula is C16H11NO2. The number of rotatable bonds is 2. The van der Waals surface area contributed by atoms with Crippen LogP contribution in [-0.2, 0) is 0 Å². The molecule has 3 rings (SSSR count). The summed E-state index contributed by atoms with van der Waals surface area (Å²) in [6.07, 6.45) is 0.777. The van der Waals surface area contributed by atoms with E-state index in [4.69, 9.17) is 0 Å². The molecular weight excluding hydrogens is 238 g/mol. The molecule has 0 fully saturated rings. The van der Waals surface area contributed by atoms with Crippen LogP contribution in [0.1, 0.15) is 26.3 Å². The monoisotopic (exact) mass is 249 g/mol. The van der Waals surface area contributed by atoms with Crippen molar-refractivity contribution in [1.29, 1.82) is 0 Å². The van der Waals surface area contributed by atoms with Gasteiger partial charge in [0.25, 0.3) is 5.91 Å². The van der Waals surface area contributed by atoms with Crippen molar-refractivity contribution in [3.8, 4) is 0 Å². The van der Waals surface area contributed by atoms with Gasteiger partial charge >= 0.3 is 0 Å². The van der Waals surface area contributed by atoms with Crippen molar-refractivity contribution < 1.29 is 9.59 Å². The van der Waals surface area contributed by atoms with Gasteiger partial charge in [0, 0.05) is 22.4 Å². The Balaban J connectivity index is 2.06. The molecule has 2 aromatic rings. The highest BCUT2D eigenvalue weighted by Gasteiger charge is 2.31. The lowest BCUT2D eigenvalue weighted by atomic mass is 10.1. The zero-order chi connectivity index (χ0) is 13.4. The topological polar surface area (TPSA) is 37.4 Å². The van der Waals surface area contributed by atoms with Gasteiger partial charge in [-0.15, -0.1) is 0 Å². The van der Waals surface area contributed by atoms with Crippen LogP contribution >= 0.6 is 0 Å². The second-order valence-corrected chi connectivity index (χ2v) is 4.34. The lowest BCUT2D eigenvalue weighted by molar-refractivity contribution is 0.101. The van der Waals surface area contributed by atoms with Crippen LogP contribution in [0.3, 0.4) is 0 Å². The van der Waals surface area contributed by atoms with Crippen LogP contribution < -0.4 is 4.90 Å². The Hall–Kier alpha value is -2.68. The lowest BCUT2D eigenvalue weighted by Gasteiger charge is -2.17. The number of hydrogen-bond donors (Lipinski definition) is 0. The number of hydrogen-bond acceptors (Lipinski definition) is 2. The molecule has 0 N–H and O–H groups in total. The highest BCUT2D eigenvalue weighted by Crippen LogP contribution is 2.35. The maximum absolute atomic E-state index is 12.4. The number of benzene rings is 2. The Bertz CT molecular complexity index is 651. The van der Waals surface area contributed by atoms with Crippen LogP contribution in [0.4, 0.5) is 5.69 Å². The third-order valence-corrected chi connectivity index (χ3v) is 3.23. The highest BCUT2D eigenvalue weighted by atomic mass is 16.2. The molecule has 3 nitrogen and oxygen atoms in total. The van der Waals surface area contributed by atoms with E-state index in [0.717, 1.165) is 17.5 Å². The van der Waals surface area contributed by atoms with E-state index in [1.165, 1.54) is 0 Å². The van der Waals surface area contributed by atoms with Gasteiger partial charge in [-0.2, -0.15) is 0 Å². The van der Waals surface area contributed by atoms with Crippen molar-refractivity contribution in [2.45, 2.75) is 0 Å². The zero-order valence-corrected chi connectivity index (χ0v) is 10.2.